The van der Waals surface area contributed by atoms with Crippen LogP contribution in [0.3, 0.4) is 0 Å². The molecular weight excluding hydrogens is 304 g/mol. The Morgan fingerprint density at radius 2 is 2.16 bits per heavy atom. The van der Waals surface area contributed by atoms with Crippen molar-refractivity contribution in [1.29, 1.82) is 0 Å². The lowest BCUT2D eigenvalue weighted by atomic mass is 10.2. The molecule has 0 aliphatic carbocycles. The van der Waals surface area contributed by atoms with Crippen LogP contribution in [0, 0.1) is 0 Å². The molecule has 0 aliphatic heterocycles. The maximum atomic E-state index is 5.78. The second-order valence-electron chi connectivity index (χ2n) is 4.18. The van der Waals surface area contributed by atoms with E-state index in [1.165, 1.54) is 0 Å². The summed E-state index contributed by atoms with van der Waals surface area (Å²) in [4.78, 5) is 4.30. The molecule has 1 heterocycles. The zero-order valence-electron chi connectivity index (χ0n) is 10.9. The van der Waals surface area contributed by atoms with E-state index in [2.05, 4.69) is 39.2 Å². The Kier molecular flexibility index (Phi) is 5.36. The van der Waals surface area contributed by atoms with Crippen molar-refractivity contribution in [3.8, 4) is 5.75 Å². The third-order valence-electron chi connectivity index (χ3n) is 2.64. The van der Waals surface area contributed by atoms with Gasteiger partial charge in [-0.2, -0.15) is 0 Å². The lowest BCUT2D eigenvalue weighted by molar-refractivity contribution is 0.305. The fourth-order valence-corrected chi connectivity index (χ4v) is 2.14. The zero-order valence-corrected chi connectivity index (χ0v) is 12.5. The fourth-order valence-electron chi connectivity index (χ4n) is 1.69. The predicted octanol–water partition coefficient (Wildman–Crippen LogP) is 3.53. The van der Waals surface area contributed by atoms with E-state index in [0.717, 1.165) is 34.6 Å². The number of pyridine rings is 1. The molecule has 0 atom stereocenters. The average Bonchev–Trinajstić information content (AvgIpc) is 2.43. The minimum atomic E-state index is 0.560. The van der Waals surface area contributed by atoms with Crippen molar-refractivity contribution in [2.24, 2.45) is 0 Å². The number of halogens is 1. The molecule has 2 rings (SSSR count). The monoisotopic (exact) mass is 320 g/mol. The van der Waals surface area contributed by atoms with Crippen LogP contribution in [-0.2, 0) is 13.2 Å². The number of rotatable bonds is 6. The molecule has 0 radical (unpaired) electrons. The van der Waals surface area contributed by atoms with Gasteiger partial charge in [-0.05, 0) is 30.3 Å². The lowest BCUT2D eigenvalue weighted by Crippen LogP contribution is -2.12. The van der Waals surface area contributed by atoms with Crippen molar-refractivity contribution in [2.45, 2.75) is 20.1 Å². The van der Waals surface area contributed by atoms with Crippen LogP contribution in [0.1, 0.15) is 18.2 Å². The van der Waals surface area contributed by atoms with E-state index in [0.29, 0.717) is 6.61 Å². The number of benzene rings is 1. The van der Waals surface area contributed by atoms with E-state index in [1.54, 1.807) is 6.20 Å². The highest BCUT2D eigenvalue weighted by Crippen LogP contribution is 2.16. The second kappa shape index (κ2) is 7.26. The van der Waals surface area contributed by atoms with Gasteiger partial charge in [0.2, 0.25) is 0 Å². The second-order valence-corrected chi connectivity index (χ2v) is 5.10. The zero-order chi connectivity index (χ0) is 13.5. The van der Waals surface area contributed by atoms with Gasteiger partial charge in [0.15, 0.2) is 0 Å². The summed E-state index contributed by atoms with van der Waals surface area (Å²) in [5, 5.41) is 3.25. The van der Waals surface area contributed by atoms with Crippen LogP contribution in [0.4, 0.5) is 0 Å². The van der Waals surface area contributed by atoms with Crippen LogP contribution < -0.4 is 10.1 Å². The maximum absolute atomic E-state index is 5.78. The molecule has 1 N–H and O–H groups in total. The quantitative estimate of drug-likeness (QED) is 0.884. The van der Waals surface area contributed by atoms with Gasteiger partial charge in [-0.1, -0.05) is 35.0 Å². The molecule has 0 saturated heterocycles. The summed E-state index contributed by atoms with van der Waals surface area (Å²) in [7, 11) is 0. The normalized spacial score (nSPS) is 10.4. The molecule has 2 aromatic rings. The Bertz CT molecular complexity index is 531. The van der Waals surface area contributed by atoms with Gasteiger partial charge in [-0.15, -0.1) is 0 Å². The van der Waals surface area contributed by atoms with Crippen LogP contribution in [0.2, 0.25) is 0 Å². The van der Waals surface area contributed by atoms with Crippen molar-refractivity contribution in [1.82, 2.24) is 10.3 Å². The molecule has 0 bridgehead atoms. The molecule has 0 unspecified atom stereocenters. The summed E-state index contributed by atoms with van der Waals surface area (Å²) in [5.74, 6) is 0.850. The van der Waals surface area contributed by atoms with E-state index in [-0.39, 0.29) is 0 Å². The average molecular weight is 321 g/mol. The molecule has 19 heavy (non-hydrogen) atoms. The van der Waals surface area contributed by atoms with E-state index < -0.39 is 0 Å². The van der Waals surface area contributed by atoms with Crippen LogP contribution >= 0.6 is 15.9 Å². The van der Waals surface area contributed by atoms with Crippen molar-refractivity contribution < 1.29 is 4.74 Å². The van der Waals surface area contributed by atoms with Crippen molar-refractivity contribution in [3.05, 3.63) is 58.3 Å². The standard InChI is InChI=1S/C15H17BrN2O/c1-2-17-10-14-9-15(6-7-18-14)19-11-12-4-3-5-13(16)8-12/h3-9,17H,2,10-11H2,1H3. The Morgan fingerprint density at radius 3 is 2.95 bits per heavy atom. The molecule has 0 fully saturated rings. The first-order valence-electron chi connectivity index (χ1n) is 6.31. The van der Waals surface area contributed by atoms with Crippen LogP contribution in [0.5, 0.6) is 5.75 Å². The van der Waals surface area contributed by atoms with Gasteiger partial charge in [-0.3, -0.25) is 4.98 Å². The summed E-state index contributed by atoms with van der Waals surface area (Å²) in [6.07, 6.45) is 1.78. The SMILES string of the molecule is CCNCc1cc(OCc2cccc(Br)c2)ccn1. The van der Waals surface area contributed by atoms with E-state index in [4.69, 9.17) is 4.74 Å². The molecule has 1 aromatic carbocycles. The number of nitrogens with zero attached hydrogens (tertiary/aromatic N) is 1. The first-order valence-corrected chi connectivity index (χ1v) is 7.10. The topological polar surface area (TPSA) is 34.1 Å². The van der Waals surface area contributed by atoms with Gasteiger partial charge in [0.1, 0.15) is 12.4 Å². The number of hydrogen-bond acceptors (Lipinski definition) is 3. The van der Waals surface area contributed by atoms with Crippen LogP contribution in [0.25, 0.3) is 0 Å². The van der Waals surface area contributed by atoms with E-state index >= 15 is 0 Å². The molecule has 3 nitrogen and oxygen atoms in total. The Morgan fingerprint density at radius 1 is 1.26 bits per heavy atom. The van der Waals surface area contributed by atoms with Crippen molar-refractivity contribution in [2.75, 3.05) is 6.54 Å². The molecular formula is C15H17BrN2O. The van der Waals surface area contributed by atoms with E-state index in [9.17, 15) is 0 Å². The highest BCUT2D eigenvalue weighted by atomic mass is 79.9. The molecule has 0 amide bonds. The Balaban J connectivity index is 1.95. The highest BCUT2D eigenvalue weighted by molar-refractivity contribution is 9.10. The summed E-state index contributed by atoms with van der Waals surface area (Å²) in [6, 6.07) is 12.0. The van der Waals surface area contributed by atoms with Gasteiger partial charge in [0, 0.05) is 23.3 Å². The largest absolute Gasteiger partial charge is 0.489 e. The van der Waals surface area contributed by atoms with Gasteiger partial charge in [-0.25, -0.2) is 0 Å². The first kappa shape index (κ1) is 14.0. The smallest absolute Gasteiger partial charge is 0.123 e. The molecule has 0 aliphatic rings. The Labute approximate surface area is 122 Å². The molecule has 4 heteroatoms. The van der Waals surface area contributed by atoms with Crippen LogP contribution in [0.15, 0.2) is 47.1 Å². The fraction of sp³-hybridized carbons (Fsp3) is 0.267. The summed E-state index contributed by atoms with van der Waals surface area (Å²) >= 11 is 3.45. The van der Waals surface area contributed by atoms with Crippen molar-refractivity contribution >= 4 is 15.9 Å². The number of hydrogen-bond donors (Lipinski definition) is 1. The van der Waals surface area contributed by atoms with Gasteiger partial charge in [0.05, 0.1) is 5.69 Å². The van der Waals surface area contributed by atoms with Gasteiger partial charge in [0.25, 0.3) is 0 Å². The van der Waals surface area contributed by atoms with Crippen LogP contribution in [-0.4, -0.2) is 11.5 Å². The molecule has 1 aromatic heterocycles. The Hall–Kier alpha value is -1.39. The molecule has 0 spiro atoms. The number of aromatic nitrogens is 1. The maximum Gasteiger partial charge on any atom is 0.123 e. The third kappa shape index (κ3) is 4.65. The number of nitrogens with one attached hydrogen (secondary N) is 1. The summed E-state index contributed by atoms with van der Waals surface area (Å²) in [6.45, 7) is 4.34. The van der Waals surface area contributed by atoms with Gasteiger partial charge < -0.3 is 10.1 Å². The van der Waals surface area contributed by atoms with Crippen molar-refractivity contribution in [3.63, 3.8) is 0 Å². The molecule has 0 saturated carbocycles. The minimum Gasteiger partial charge on any atom is -0.489 e. The predicted molar refractivity (Wildman–Crippen MR) is 80.1 cm³/mol. The summed E-state index contributed by atoms with van der Waals surface area (Å²) in [5.41, 5.74) is 2.13. The van der Waals surface area contributed by atoms with E-state index in [1.807, 2.05) is 30.3 Å². The highest BCUT2D eigenvalue weighted by Gasteiger charge is 1.99. The molecule has 100 valence electrons. The minimum absolute atomic E-state index is 0.560. The van der Waals surface area contributed by atoms with Gasteiger partial charge >= 0.3 is 0 Å². The third-order valence-corrected chi connectivity index (χ3v) is 3.13. The lowest BCUT2D eigenvalue weighted by Gasteiger charge is -2.08. The number of ether oxygens (including phenoxy) is 1. The summed E-state index contributed by atoms with van der Waals surface area (Å²) < 4.78 is 6.84. The first-order chi connectivity index (χ1) is 9.28.